The first kappa shape index (κ1) is 12.0. The molecule has 0 saturated carbocycles. The highest BCUT2D eigenvalue weighted by molar-refractivity contribution is 9.11. The van der Waals surface area contributed by atoms with Crippen LogP contribution in [0, 0.1) is 0 Å². The van der Waals surface area contributed by atoms with Gasteiger partial charge in [-0.1, -0.05) is 15.9 Å². The van der Waals surface area contributed by atoms with E-state index in [-0.39, 0.29) is 11.8 Å². The minimum absolute atomic E-state index is 0.339. The number of anilines is 1. The van der Waals surface area contributed by atoms with Gasteiger partial charge in [0.2, 0.25) is 0 Å². The fourth-order valence-electron chi connectivity index (χ4n) is 1.37. The summed E-state index contributed by atoms with van der Waals surface area (Å²) in [4.78, 5) is 24.2. The molecule has 1 heterocycles. The minimum Gasteiger partial charge on any atom is -0.269 e. The summed E-state index contributed by atoms with van der Waals surface area (Å²) in [6.07, 6.45) is 2.51. The van der Waals surface area contributed by atoms with E-state index in [4.69, 9.17) is 0 Å². The molecule has 0 spiro atoms. The van der Waals surface area contributed by atoms with Crippen LogP contribution in [0.1, 0.15) is 0 Å². The Morgan fingerprint density at radius 3 is 1.75 bits per heavy atom. The summed E-state index contributed by atoms with van der Waals surface area (Å²) >= 11 is 9.98. The molecule has 6 heteroatoms. The first-order valence-electron chi connectivity index (χ1n) is 4.21. The van der Waals surface area contributed by atoms with Crippen LogP contribution in [0.25, 0.3) is 0 Å². The van der Waals surface area contributed by atoms with Crippen LogP contribution in [0.15, 0.2) is 37.7 Å². The molecule has 0 fully saturated rings. The van der Waals surface area contributed by atoms with Crippen LogP contribution >= 0.6 is 47.8 Å². The molecule has 0 aliphatic carbocycles. The van der Waals surface area contributed by atoms with Gasteiger partial charge in [-0.15, -0.1) is 0 Å². The number of imide groups is 1. The number of amides is 2. The number of benzene rings is 1. The molecule has 0 unspecified atom stereocenters. The zero-order valence-corrected chi connectivity index (χ0v) is 12.5. The van der Waals surface area contributed by atoms with E-state index in [1.165, 1.54) is 12.2 Å². The van der Waals surface area contributed by atoms with Crippen molar-refractivity contribution in [2.24, 2.45) is 0 Å². The maximum Gasteiger partial charge on any atom is 0.258 e. The maximum atomic E-state index is 11.5. The van der Waals surface area contributed by atoms with Crippen molar-refractivity contribution in [2.75, 3.05) is 4.90 Å². The van der Waals surface area contributed by atoms with Gasteiger partial charge in [0, 0.05) is 25.6 Å². The van der Waals surface area contributed by atoms with Gasteiger partial charge < -0.3 is 0 Å². The third kappa shape index (κ3) is 2.01. The van der Waals surface area contributed by atoms with Crippen molar-refractivity contribution in [3.63, 3.8) is 0 Å². The Hall–Kier alpha value is -0.460. The number of carbonyl (C=O) groups is 2. The maximum absolute atomic E-state index is 11.5. The van der Waals surface area contributed by atoms with Crippen molar-refractivity contribution in [3.8, 4) is 0 Å². The summed E-state index contributed by atoms with van der Waals surface area (Å²) in [6, 6.07) is 3.55. The summed E-state index contributed by atoms with van der Waals surface area (Å²) in [6.45, 7) is 0. The Morgan fingerprint density at radius 1 is 0.875 bits per heavy atom. The minimum atomic E-state index is -0.339. The average molecular weight is 410 g/mol. The van der Waals surface area contributed by atoms with Crippen molar-refractivity contribution in [1.82, 2.24) is 0 Å². The van der Waals surface area contributed by atoms with E-state index < -0.39 is 0 Å². The van der Waals surface area contributed by atoms with Crippen LogP contribution in [0.2, 0.25) is 0 Å². The number of hydrogen-bond acceptors (Lipinski definition) is 2. The number of carbonyl (C=O) groups excluding carboxylic acids is 2. The van der Waals surface area contributed by atoms with Crippen LogP contribution in [0.3, 0.4) is 0 Å². The highest BCUT2D eigenvalue weighted by Gasteiger charge is 2.28. The lowest BCUT2D eigenvalue weighted by molar-refractivity contribution is -0.120. The summed E-state index contributed by atoms with van der Waals surface area (Å²) in [5.41, 5.74) is 0.517. The summed E-state index contributed by atoms with van der Waals surface area (Å²) < 4.78 is 2.18. The van der Waals surface area contributed by atoms with Gasteiger partial charge in [0.05, 0.1) is 5.69 Å². The lowest BCUT2D eigenvalue weighted by atomic mass is 10.3. The van der Waals surface area contributed by atoms with Gasteiger partial charge in [-0.05, 0) is 44.0 Å². The summed E-state index contributed by atoms with van der Waals surface area (Å²) in [7, 11) is 0. The van der Waals surface area contributed by atoms with Crippen molar-refractivity contribution < 1.29 is 9.59 Å². The van der Waals surface area contributed by atoms with Gasteiger partial charge in [0.25, 0.3) is 11.8 Å². The highest BCUT2D eigenvalue weighted by atomic mass is 79.9. The smallest absolute Gasteiger partial charge is 0.258 e. The molecule has 1 aliphatic heterocycles. The number of rotatable bonds is 1. The van der Waals surface area contributed by atoms with Gasteiger partial charge in [0.1, 0.15) is 0 Å². The molecule has 1 aromatic rings. The Kier molecular flexibility index (Phi) is 3.32. The molecule has 0 N–H and O–H groups in total. The predicted molar refractivity (Wildman–Crippen MR) is 71.2 cm³/mol. The Balaban J connectivity index is 2.57. The highest BCUT2D eigenvalue weighted by Crippen LogP contribution is 2.38. The fraction of sp³-hybridized carbons (Fsp3) is 0. The van der Waals surface area contributed by atoms with Crippen molar-refractivity contribution in [3.05, 3.63) is 37.7 Å². The fourth-order valence-corrected chi connectivity index (χ4v) is 3.98. The van der Waals surface area contributed by atoms with E-state index in [0.29, 0.717) is 14.6 Å². The van der Waals surface area contributed by atoms with E-state index in [0.717, 1.165) is 9.37 Å². The first-order valence-corrected chi connectivity index (χ1v) is 6.59. The topological polar surface area (TPSA) is 37.4 Å². The van der Waals surface area contributed by atoms with Gasteiger partial charge in [-0.3, -0.25) is 9.59 Å². The average Bonchev–Trinajstić information content (AvgIpc) is 2.47. The molecule has 2 amide bonds. The van der Waals surface area contributed by atoms with Gasteiger partial charge in [0.15, 0.2) is 0 Å². The Bertz CT molecular complexity index is 484. The third-order valence-electron chi connectivity index (χ3n) is 2.01. The van der Waals surface area contributed by atoms with Crippen molar-refractivity contribution >= 4 is 65.3 Å². The molecular formula is C10H4Br3NO2. The van der Waals surface area contributed by atoms with Crippen LogP contribution < -0.4 is 4.90 Å². The van der Waals surface area contributed by atoms with Gasteiger partial charge in [-0.25, -0.2) is 4.90 Å². The standard InChI is InChI=1S/C10H4Br3NO2/c11-5-3-6(12)10(7(13)4-5)14-8(15)1-2-9(14)16/h1-4H. The van der Waals surface area contributed by atoms with Gasteiger partial charge in [-0.2, -0.15) is 0 Å². The molecule has 1 aliphatic rings. The summed E-state index contributed by atoms with van der Waals surface area (Å²) in [5, 5.41) is 0. The number of hydrogen-bond donors (Lipinski definition) is 0. The molecule has 0 saturated heterocycles. The quantitative estimate of drug-likeness (QED) is 0.667. The van der Waals surface area contributed by atoms with Crippen LogP contribution in [-0.2, 0) is 9.59 Å². The molecule has 1 aromatic carbocycles. The molecule has 0 aromatic heterocycles. The second-order valence-corrected chi connectivity index (χ2v) is 5.69. The molecule has 0 atom stereocenters. The molecule has 82 valence electrons. The van der Waals surface area contributed by atoms with E-state index >= 15 is 0 Å². The lowest BCUT2D eigenvalue weighted by Crippen LogP contribution is -2.30. The molecule has 3 nitrogen and oxygen atoms in total. The largest absolute Gasteiger partial charge is 0.269 e. The molecule has 16 heavy (non-hydrogen) atoms. The van der Waals surface area contributed by atoms with E-state index in [1.807, 2.05) is 0 Å². The second-order valence-electron chi connectivity index (χ2n) is 3.06. The SMILES string of the molecule is O=C1C=CC(=O)N1c1c(Br)cc(Br)cc1Br. The van der Waals surface area contributed by atoms with E-state index in [2.05, 4.69) is 47.8 Å². The van der Waals surface area contributed by atoms with E-state index in [1.54, 1.807) is 12.1 Å². The Morgan fingerprint density at radius 2 is 1.31 bits per heavy atom. The van der Waals surface area contributed by atoms with Crippen molar-refractivity contribution in [1.29, 1.82) is 0 Å². The predicted octanol–water partition coefficient (Wildman–Crippen LogP) is 3.40. The molecular weight excluding hydrogens is 406 g/mol. The number of nitrogens with zero attached hydrogens (tertiary/aromatic N) is 1. The van der Waals surface area contributed by atoms with Crippen LogP contribution in [0.4, 0.5) is 5.69 Å². The third-order valence-corrected chi connectivity index (χ3v) is 3.68. The number of halogens is 3. The molecule has 0 bridgehead atoms. The zero-order valence-electron chi connectivity index (χ0n) is 7.71. The first-order chi connectivity index (χ1) is 7.50. The van der Waals surface area contributed by atoms with E-state index in [9.17, 15) is 9.59 Å². The molecule has 0 radical (unpaired) electrons. The van der Waals surface area contributed by atoms with Gasteiger partial charge >= 0.3 is 0 Å². The normalized spacial score (nSPS) is 15.1. The zero-order chi connectivity index (χ0) is 11.9. The lowest BCUT2D eigenvalue weighted by Gasteiger charge is -2.17. The second kappa shape index (κ2) is 4.43. The van der Waals surface area contributed by atoms with Crippen LogP contribution in [-0.4, -0.2) is 11.8 Å². The van der Waals surface area contributed by atoms with Crippen molar-refractivity contribution in [2.45, 2.75) is 0 Å². The molecule has 2 rings (SSSR count). The van der Waals surface area contributed by atoms with Crippen LogP contribution in [0.5, 0.6) is 0 Å². The summed E-state index contributed by atoms with van der Waals surface area (Å²) in [5.74, 6) is -0.678. The monoisotopic (exact) mass is 407 g/mol. The Labute approximate surface area is 117 Å².